The summed E-state index contributed by atoms with van der Waals surface area (Å²) in [6.07, 6.45) is 0.847. The van der Waals surface area contributed by atoms with E-state index in [0.717, 1.165) is 34.0 Å². The Balaban J connectivity index is 1.04. The molecule has 0 fully saturated rings. The number of hydrogen-bond donors (Lipinski definition) is 0. The third-order valence-corrected chi connectivity index (χ3v) is 9.05. The Morgan fingerprint density at radius 2 is 0.933 bits per heavy atom. The molecule has 212 valence electrons. The van der Waals surface area contributed by atoms with Gasteiger partial charge in [0.05, 0.1) is 16.7 Å². The van der Waals surface area contributed by atoms with E-state index < -0.39 is 0 Å². The third kappa shape index (κ3) is 4.34. The van der Waals surface area contributed by atoms with Crippen LogP contribution in [-0.4, -0.2) is 4.57 Å². The van der Waals surface area contributed by atoms with Crippen molar-refractivity contribution in [2.45, 2.75) is 6.42 Å². The molecule has 0 saturated heterocycles. The Morgan fingerprint density at radius 3 is 1.60 bits per heavy atom. The SMILES string of the molecule is c1ccc(-c2ccc(-c3ccc(Cc4ccc5c(c4)oc4c(-n6c7ccccc7c7ccccc76)cccc45)cc3)cc2)cc1. The molecule has 0 radical (unpaired) electrons. The van der Waals surface area contributed by atoms with Gasteiger partial charge >= 0.3 is 0 Å². The summed E-state index contributed by atoms with van der Waals surface area (Å²) < 4.78 is 9.02. The van der Waals surface area contributed by atoms with Gasteiger partial charge in [-0.05, 0) is 64.1 Å². The Morgan fingerprint density at radius 1 is 0.400 bits per heavy atom. The van der Waals surface area contributed by atoms with Gasteiger partial charge in [0.1, 0.15) is 5.58 Å². The molecule has 0 spiro atoms. The van der Waals surface area contributed by atoms with E-state index >= 15 is 0 Å². The molecule has 9 aromatic rings. The first-order valence-electron chi connectivity index (χ1n) is 15.5. The molecule has 45 heavy (non-hydrogen) atoms. The second kappa shape index (κ2) is 10.4. The summed E-state index contributed by atoms with van der Waals surface area (Å²) in [5.41, 5.74) is 12.7. The van der Waals surface area contributed by atoms with E-state index in [-0.39, 0.29) is 0 Å². The first-order chi connectivity index (χ1) is 22.3. The van der Waals surface area contributed by atoms with Crippen molar-refractivity contribution in [3.8, 4) is 27.9 Å². The Bertz CT molecular complexity index is 2430. The number of benzene rings is 7. The van der Waals surface area contributed by atoms with Crippen LogP contribution in [0.4, 0.5) is 0 Å². The molecule has 9 rings (SSSR count). The lowest BCUT2D eigenvalue weighted by Crippen LogP contribution is -1.93. The molecule has 0 bridgehead atoms. The number of para-hydroxylation sites is 3. The molecular weight excluding hydrogens is 546 g/mol. The molecule has 0 saturated carbocycles. The zero-order valence-electron chi connectivity index (χ0n) is 24.7. The minimum Gasteiger partial charge on any atom is -0.454 e. The number of fused-ring (bicyclic) bond motifs is 6. The number of aromatic nitrogens is 1. The third-order valence-electron chi connectivity index (χ3n) is 9.05. The highest BCUT2D eigenvalue weighted by Crippen LogP contribution is 2.38. The van der Waals surface area contributed by atoms with Crippen LogP contribution in [0.3, 0.4) is 0 Å². The monoisotopic (exact) mass is 575 g/mol. The molecule has 2 nitrogen and oxygen atoms in total. The minimum atomic E-state index is 0.847. The van der Waals surface area contributed by atoms with E-state index in [0.29, 0.717) is 0 Å². The van der Waals surface area contributed by atoms with E-state index in [1.165, 1.54) is 55.2 Å². The zero-order chi connectivity index (χ0) is 29.7. The summed E-state index contributed by atoms with van der Waals surface area (Å²) in [5.74, 6) is 0. The number of rotatable bonds is 5. The van der Waals surface area contributed by atoms with Crippen LogP contribution in [0.15, 0.2) is 168 Å². The van der Waals surface area contributed by atoms with E-state index in [2.05, 4.69) is 168 Å². The lowest BCUT2D eigenvalue weighted by Gasteiger charge is -2.08. The van der Waals surface area contributed by atoms with Gasteiger partial charge in [-0.15, -0.1) is 0 Å². The summed E-state index contributed by atoms with van der Waals surface area (Å²) in [7, 11) is 0. The second-order valence-electron chi connectivity index (χ2n) is 11.8. The largest absolute Gasteiger partial charge is 0.454 e. The predicted molar refractivity (Wildman–Crippen MR) is 188 cm³/mol. The Hall–Kier alpha value is -5.86. The minimum absolute atomic E-state index is 0.847. The maximum atomic E-state index is 6.68. The van der Waals surface area contributed by atoms with Crippen molar-refractivity contribution in [1.82, 2.24) is 4.57 Å². The quantitative estimate of drug-likeness (QED) is 0.200. The summed E-state index contributed by atoms with van der Waals surface area (Å²) in [4.78, 5) is 0. The standard InChI is InChI=1S/C43H29NO/c1-2-9-31(10-3-1)33-22-24-34(25-23-33)32-20-17-29(18-21-32)27-30-19-26-37-38-13-8-16-41(43(38)45-42(37)28-30)44-39-14-6-4-11-35(39)36-12-5-7-15-40(36)44/h1-26,28H,27H2. The smallest absolute Gasteiger partial charge is 0.159 e. The average molecular weight is 576 g/mol. The van der Waals surface area contributed by atoms with Gasteiger partial charge < -0.3 is 8.98 Å². The maximum absolute atomic E-state index is 6.68. The molecular formula is C43H29NO. The molecule has 7 aromatic carbocycles. The van der Waals surface area contributed by atoms with Gasteiger partial charge in [-0.1, -0.05) is 140 Å². The number of nitrogens with zero attached hydrogens (tertiary/aromatic N) is 1. The van der Waals surface area contributed by atoms with Crippen molar-refractivity contribution in [2.24, 2.45) is 0 Å². The van der Waals surface area contributed by atoms with Gasteiger partial charge in [-0.3, -0.25) is 0 Å². The molecule has 0 aliphatic rings. The van der Waals surface area contributed by atoms with Crippen LogP contribution in [0.2, 0.25) is 0 Å². The van der Waals surface area contributed by atoms with Gasteiger partial charge in [-0.25, -0.2) is 0 Å². The van der Waals surface area contributed by atoms with E-state index in [1.54, 1.807) is 0 Å². The van der Waals surface area contributed by atoms with E-state index in [1.807, 2.05) is 0 Å². The van der Waals surface area contributed by atoms with Crippen LogP contribution in [0.25, 0.3) is 71.7 Å². The van der Waals surface area contributed by atoms with Gasteiger partial charge in [0.2, 0.25) is 0 Å². The van der Waals surface area contributed by atoms with Gasteiger partial charge in [0.25, 0.3) is 0 Å². The molecule has 2 aromatic heterocycles. The molecule has 0 aliphatic heterocycles. The summed E-state index contributed by atoms with van der Waals surface area (Å²) in [6, 6.07) is 58.6. The topological polar surface area (TPSA) is 18.1 Å². The van der Waals surface area contributed by atoms with Gasteiger partial charge in [0, 0.05) is 21.5 Å². The van der Waals surface area contributed by atoms with Crippen LogP contribution >= 0.6 is 0 Å². The first kappa shape index (κ1) is 25.6. The van der Waals surface area contributed by atoms with Crippen LogP contribution < -0.4 is 0 Å². The summed E-state index contributed by atoms with van der Waals surface area (Å²) >= 11 is 0. The van der Waals surface area contributed by atoms with Crippen LogP contribution in [0.5, 0.6) is 0 Å². The molecule has 0 N–H and O–H groups in total. The van der Waals surface area contributed by atoms with Crippen LogP contribution in [-0.2, 0) is 6.42 Å². The van der Waals surface area contributed by atoms with Crippen molar-refractivity contribution in [2.75, 3.05) is 0 Å². The van der Waals surface area contributed by atoms with Crippen molar-refractivity contribution in [3.63, 3.8) is 0 Å². The highest BCUT2D eigenvalue weighted by Gasteiger charge is 2.17. The fourth-order valence-electron chi connectivity index (χ4n) is 6.83. The average Bonchev–Trinajstić information content (AvgIpc) is 3.65. The fourth-order valence-corrected chi connectivity index (χ4v) is 6.83. The van der Waals surface area contributed by atoms with Crippen molar-refractivity contribution in [3.05, 3.63) is 175 Å². The zero-order valence-corrected chi connectivity index (χ0v) is 24.7. The number of furan rings is 1. The van der Waals surface area contributed by atoms with Crippen molar-refractivity contribution in [1.29, 1.82) is 0 Å². The second-order valence-corrected chi connectivity index (χ2v) is 11.8. The normalized spacial score (nSPS) is 11.6. The molecule has 2 heterocycles. The Labute approximate surface area is 261 Å². The van der Waals surface area contributed by atoms with Crippen molar-refractivity contribution < 1.29 is 4.42 Å². The maximum Gasteiger partial charge on any atom is 0.159 e. The van der Waals surface area contributed by atoms with E-state index in [4.69, 9.17) is 4.42 Å². The van der Waals surface area contributed by atoms with Crippen LogP contribution in [0.1, 0.15) is 11.1 Å². The van der Waals surface area contributed by atoms with Crippen LogP contribution in [0, 0.1) is 0 Å². The molecule has 0 unspecified atom stereocenters. The lowest BCUT2D eigenvalue weighted by molar-refractivity contribution is 0.666. The highest BCUT2D eigenvalue weighted by molar-refractivity contribution is 6.12. The van der Waals surface area contributed by atoms with Gasteiger partial charge in [0.15, 0.2) is 5.58 Å². The molecule has 0 amide bonds. The lowest BCUT2D eigenvalue weighted by atomic mass is 9.98. The molecule has 0 atom stereocenters. The Kier molecular flexibility index (Phi) is 5.92. The molecule has 2 heteroatoms. The summed E-state index contributed by atoms with van der Waals surface area (Å²) in [6.45, 7) is 0. The van der Waals surface area contributed by atoms with E-state index in [9.17, 15) is 0 Å². The highest BCUT2D eigenvalue weighted by atomic mass is 16.3. The summed E-state index contributed by atoms with van der Waals surface area (Å²) in [5, 5.41) is 4.78. The fraction of sp³-hybridized carbons (Fsp3) is 0.0233. The molecule has 0 aliphatic carbocycles. The van der Waals surface area contributed by atoms with Crippen molar-refractivity contribution >= 4 is 43.7 Å². The van der Waals surface area contributed by atoms with Gasteiger partial charge in [-0.2, -0.15) is 0 Å². The number of hydrogen-bond acceptors (Lipinski definition) is 1. The predicted octanol–water partition coefficient (Wildman–Crippen LogP) is 11.6. The first-order valence-corrected chi connectivity index (χ1v) is 15.5.